The first kappa shape index (κ1) is 12.7. The van der Waals surface area contributed by atoms with Crippen molar-refractivity contribution in [1.29, 1.82) is 0 Å². The van der Waals surface area contributed by atoms with Crippen molar-refractivity contribution >= 4 is 22.9 Å². The van der Waals surface area contributed by atoms with Gasteiger partial charge in [-0.2, -0.15) is 0 Å². The number of rotatable bonds is 3. The molecule has 0 aliphatic rings. The first-order chi connectivity index (χ1) is 10.1. The summed E-state index contributed by atoms with van der Waals surface area (Å²) in [6, 6.07) is 8.82. The number of pyridine rings is 1. The number of non-ortho nitro benzene ring substituents is 1. The van der Waals surface area contributed by atoms with Gasteiger partial charge >= 0.3 is 0 Å². The van der Waals surface area contributed by atoms with E-state index in [9.17, 15) is 14.9 Å². The Morgan fingerprint density at radius 2 is 1.95 bits per heavy atom. The number of carbonyl (C=O) groups excluding carboxylic acids is 1. The fraction of sp³-hybridized carbons (Fsp3) is 0. The second-order valence-corrected chi connectivity index (χ2v) is 4.27. The number of hydrogen-bond donors (Lipinski definition) is 1. The molecule has 21 heavy (non-hydrogen) atoms. The molecule has 0 atom stereocenters. The molecule has 0 bridgehead atoms. The van der Waals surface area contributed by atoms with Crippen molar-refractivity contribution in [1.82, 2.24) is 14.6 Å². The SMILES string of the molecule is O=C(Nc1ccc2nncn2c1)c1ccc([N+](=O)[O-])cc1. The summed E-state index contributed by atoms with van der Waals surface area (Å²) in [5.41, 5.74) is 1.52. The third-order valence-corrected chi connectivity index (χ3v) is 2.89. The van der Waals surface area contributed by atoms with Crippen LogP contribution < -0.4 is 5.32 Å². The highest BCUT2D eigenvalue weighted by Gasteiger charge is 2.10. The quantitative estimate of drug-likeness (QED) is 0.584. The van der Waals surface area contributed by atoms with Crippen molar-refractivity contribution in [3.8, 4) is 0 Å². The molecular weight excluding hydrogens is 274 g/mol. The molecule has 0 aliphatic heterocycles. The lowest BCUT2D eigenvalue weighted by Gasteiger charge is -2.05. The average Bonchev–Trinajstić information content (AvgIpc) is 2.95. The van der Waals surface area contributed by atoms with Gasteiger partial charge in [0.2, 0.25) is 0 Å². The Hall–Kier alpha value is -3.29. The molecule has 0 saturated carbocycles. The van der Waals surface area contributed by atoms with Crippen LogP contribution in [-0.4, -0.2) is 25.4 Å². The standard InChI is InChI=1S/C13H9N5O3/c19-13(9-1-4-11(5-2-9)18(20)21)15-10-3-6-12-16-14-8-17(12)7-10/h1-8H,(H,15,19). The van der Waals surface area contributed by atoms with Gasteiger partial charge in [-0.05, 0) is 24.3 Å². The van der Waals surface area contributed by atoms with E-state index in [1.54, 1.807) is 22.7 Å². The number of nitro benzene ring substituents is 1. The van der Waals surface area contributed by atoms with Gasteiger partial charge in [0.25, 0.3) is 11.6 Å². The molecule has 104 valence electrons. The summed E-state index contributed by atoms with van der Waals surface area (Å²) in [7, 11) is 0. The minimum Gasteiger partial charge on any atom is -0.321 e. The molecule has 0 fully saturated rings. The van der Waals surface area contributed by atoms with Gasteiger partial charge in [-0.3, -0.25) is 19.3 Å². The summed E-state index contributed by atoms with van der Waals surface area (Å²) in [4.78, 5) is 22.1. The normalized spacial score (nSPS) is 10.5. The Morgan fingerprint density at radius 1 is 1.19 bits per heavy atom. The number of nitrogens with zero attached hydrogens (tertiary/aromatic N) is 4. The minimum atomic E-state index is -0.512. The number of carbonyl (C=O) groups is 1. The fourth-order valence-corrected chi connectivity index (χ4v) is 1.84. The predicted molar refractivity (Wildman–Crippen MR) is 74.0 cm³/mol. The number of fused-ring (bicyclic) bond motifs is 1. The lowest BCUT2D eigenvalue weighted by molar-refractivity contribution is -0.384. The second kappa shape index (κ2) is 5.00. The van der Waals surface area contributed by atoms with E-state index in [4.69, 9.17) is 0 Å². The second-order valence-electron chi connectivity index (χ2n) is 4.27. The first-order valence-corrected chi connectivity index (χ1v) is 5.99. The molecule has 0 unspecified atom stereocenters. The van der Waals surface area contributed by atoms with Gasteiger partial charge in [-0.25, -0.2) is 0 Å². The van der Waals surface area contributed by atoms with Crippen molar-refractivity contribution in [2.24, 2.45) is 0 Å². The molecule has 0 aliphatic carbocycles. The Morgan fingerprint density at radius 3 is 2.67 bits per heavy atom. The molecule has 1 aromatic carbocycles. The van der Waals surface area contributed by atoms with E-state index in [1.165, 1.54) is 30.6 Å². The molecule has 1 amide bonds. The molecule has 2 aromatic heterocycles. The number of amides is 1. The third-order valence-electron chi connectivity index (χ3n) is 2.89. The van der Waals surface area contributed by atoms with Crippen LogP contribution in [0.25, 0.3) is 5.65 Å². The van der Waals surface area contributed by atoms with E-state index in [2.05, 4.69) is 15.5 Å². The van der Waals surface area contributed by atoms with Crippen LogP contribution in [0.4, 0.5) is 11.4 Å². The minimum absolute atomic E-state index is 0.0579. The molecule has 3 aromatic rings. The molecule has 1 N–H and O–H groups in total. The van der Waals surface area contributed by atoms with Crippen molar-refractivity contribution in [2.75, 3.05) is 5.32 Å². The summed E-state index contributed by atoms with van der Waals surface area (Å²) in [6.07, 6.45) is 3.20. The van der Waals surface area contributed by atoms with Crippen molar-refractivity contribution in [2.45, 2.75) is 0 Å². The largest absolute Gasteiger partial charge is 0.321 e. The maximum absolute atomic E-state index is 12.0. The summed E-state index contributed by atoms with van der Waals surface area (Å²) in [5, 5.41) is 20.9. The molecule has 2 heterocycles. The van der Waals surface area contributed by atoms with Crippen LogP contribution in [0.3, 0.4) is 0 Å². The van der Waals surface area contributed by atoms with Crippen LogP contribution in [0.5, 0.6) is 0 Å². The van der Waals surface area contributed by atoms with E-state index in [1.807, 2.05) is 0 Å². The van der Waals surface area contributed by atoms with Gasteiger partial charge in [0.05, 0.1) is 10.6 Å². The Kier molecular flexibility index (Phi) is 3.03. The zero-order valence-electron chi connectivity index (χ0n) is 10.6. The van der Waals surface area contributed by atoms with Crippen LogP contribution in [0.15, 0.2) is 48.9 Å². The number of benzene rings is 1. The maximum atomic E-state index is 12.0. The van der Waals surface area contributed by atoms with Crippen molar-refractivity contribution in [3.05, 3.63) is 64.6 Å². The summed E-state index contributed by atoms with van der Waals surface area (Å²) in [6.45, 7) is 0. The van der Waals surface area contributed by atoms with Crippen LogP contribution in [0.2, 0.25) is 0 Å². The van der Waals surface area contributed by atoms with Crippen LogP contribution >= 0.6 is 0 Å². The van der Waals surface area contributed by atoms with E-state index in [0.29, 0.717) is 16.9 Å². The van der Waals surface area contributed by atoms with Crippen LogP contribution in [-0.2, 0) is 0 Å². The smallest absolute Gasteiger partial charge is 0.269 e. The molecule has 0 spiro atoms. The molecule has 3 rings (SSSR count). The van der Waals surface area contributed by atoms with Gasteiger partial charge in [0.15, 0.2) is 5.65 Å². The highest BCUT2D eigenvalue weighted by atomic mass is 16.6. The Bertz CT molecular complexity index is 825. The van der Waals surface area contributed by atoms with E-state index >= 15 is 0 Å². The number of aromatic nitrogens is 3. The van der Waals surface area contributed by atoms with Crippen molar-refractivity contribution in [3.63, 3.8) is 0 Å². The van der Waals surface area contributed by atoms with Gasteiger partial charge < -0.3 is 5.32 Å². The zero-order chi connectivity index (χ0) is 14.8. The van der Waals surface area contributed by atoms with Gasteiger partial charge in [-0.1, -0.05) is 0 Å². The van der Waals surface area contributed by atoms with Crippen LogP contribution in [0, 0.1) is 10.1 Å². The van der Waals surface area contributed by atoms with Crippen molar-refractivity contribution < 1.29 is 9.72 Å². The lowest BCUT2D eigenvalue weighted by Crippen LogP contribution is -2.12. The molecular formula is C13H9N5O3. The zero-order valence-corrected chi connectivity index (χ0v) is 10.6. The summed E-state index contributed by atoms with van der Waals surface area (Å²) in [5.74, 6) is -0.350. The van der Waals surface area contributed by atoms with E-state index < -0.39 is 4.92 Å². The highest BCUT2D eigenvalue weighted by Crippen LogP contribution is 2.14. The lowest BCUT2D eigenvalue weighted by atomic mass is 10.2. The Balaban J connectivity index is 1.80. The third kappa shape index (κ3) is 2.54. The summed E-state index contributed by atoms with van der Waals surface area (Å²) >= 11 is 0. The molecule has 0 radical (unpaired) electrons. The predicted octanol–water partition coefficient (Wildman–Crippen LogP) is 1.89. The van der Waals surface area contributed by atoms with Gasteiger partial charge in [0, 0.05) is 23.9 Å². The number of anilines is 1. The molecule has 8 heteroatoms. The topological polar surface area (TPSA) is 102 Å². The van der Waals surface area contributed by atoms with Gasteiger partial charge in [0.1, 0.15) is 6.33 Å². The van der Waals surface area contributed by atoms with E-state index in [-0.39, 0.29) is 11.6 Å². The molecule has 0 saturated heterocycles. The van der Waals surface area contributed by atoms with Gasteiger partial charge in [-0.15, -0.1) is 10.2 Å². The highest BCUT2D eigenvalue weighted by molar-refractivity contribution is 6.04. The maximum Gasteiger partial charge on any atom is 0.269 e. The fourth-order valence-electron chi connectivity index (χ4n) is 1.84. The average molecular weight is 283 g/mol. The van der Waals surface area contributed by atoms with Crippen LogP contribution in [0.1, 0.15) is 10.4 Å². The monoisotopic (exact) mass is 283 g/mol. The van der Waals surface area contributed by atoms with E-state index in [0.717, 1.165) is 0 Å². The number of hydrogen-bond acceptors (Lipinski definition) is 5. The number of nitro groups is 1. The number of nitrogens with one attached hydrogen (secondary N) is 1. The Labute approximate surface area is 118 Å². The summed E-state index contributed by atoms with van der Waals surface area (Å²) < 4.78 is 1.67. The molecule has 8 nitrogen and oxygen atoms in total. The first-order valence-electron chi connectivity index (χ1n) is 5.99.